The van der Waals surface area contributed by atoms with E-state index in [2.05, 4.69) is 19.2 Å². The van der Waals surface area contributed by atoms with Crippen LogP contribution in [0.4, 0.5) is 0 Å². The normalized spacial score (nSPS) is 19.4. The summed E-state index contributed by atoms with van der Waals surface area (Å²) in [5.41, 5.74) is 1.05. The molecule has 7 atom stereocenters. The van der Waals surface area contributed by atoms with Crippen LogP contribution in [0.2, 0.25) is 0 Å². The molecule has 3 amide bonds. The fourth-order valence-electron chi connectivity index (χ4n) is 6.11. The summed E-state index contributed by atoms with van der Waals surface area (Å²) < 4.78 is 11.7. The first-order chi connectivity index (χ1) is 20.5. The second-order valence-electron chi connectivity index (χ2n) is 12.3. The maximum atomic E-state index is 13.8. The van der Waals surface area contributed by atoms with Crippen molar-refractivity contribution in [3.63, 3.8) is 0 Å². The molecule has 0 spiro atoms. The summed E-state index contributed by atoms with van der Waals surface area (Å²) in [4.78, 5) is 54.4. The fourth-order valence-corrected chi connectivity index (χ4v) is 7.27. The first kappa shape index (κ1) is 37.1. The van der Waals surface area contributed by atoms with Crippen LogP contribution in [0.1, 0.15) is 78.7 Å². The van der Waals surface area contributed by atoms with Gasteiger partial charge in [0.1, 0.15) is 0 Å². The van der Waals surface area contributed by atoms with Gasteiger partial charge in [0.25, 0.3) is 0 Å². The van der Waals surface area contributed by atoms with Gasteiger partial charge < -0.3 is 29.5 Å². The van der Waals surface area contributed by atoms with Crippen molar-refractivity contribution in [3.05, 3.63) is 35.9 Å². The molecule has 2 N–H and O–H groups in total. The molecule has 1 aliphatic rings. The number of likely N-dealkylation sites (N-methyl/N-ethyl adjacent to an activating group) is 1. The molecule has 2 rings (SSSR count). The minimum Gasteiger partial charge on any atom is -0.379 e. The van der Waals surface area contributed by atoms with Crippen LogP contribution < -0.4 is 5.32 Å². The highest BCUT2D eigenvalue weighted by atomic mass is 31.1. The van der Waals surface area contributed by atoms with E-state index in [1.54, 1.807) is 19.1 Å². The van der Waals surface area contributed by atoms with Gasteiger partial charge in [0, 0.05) is 42.4 Å². The van der Waals surface area contributed by atoms with Gasteiger partial charge in [-0.05, 0) is 42.8 Å². The molecule has 0 radical (unpaired) electrons. The van der Waals surface area contributed by atoms with E-state index >= 15 is 0 Å². The van der Waals surface area contributed by atoms with Crippen molar-refractivity contribution in [1.29, 1.82) is 0 Å². The lowest BCUT2D eigenvalue weighted by molar-refractivity contribution is -0.144. The average Bonchev–Trinajstić information content (AvgIpc) is 3.48. The Labute approximate surface area is 260 Å². The Hall–Kier alpha value is -2.06. The minimum absolute atomic E-state index is 0.0540. The van der Waals surface area contributed by atoms with Gasteiger partial charge in [0.05, 0.1) is 42.9 Å². The summed E-state index contributed by atoms with van der Waals surface area (Å²) >= 11 is 0. The van der Waals surface area contributed by atoms with Crippen LogP contribution in [0.5, 0.6) is 0 Å². The van der Waals surface area contributed by atoms with E-state index in [-0.39, 0.29) is 60.3 Å². The molecule has 43 heavy (non-hydrogen) atoms. The summed E-state index contributed by atoms with van der Waals surface area (Å²) in [6.07, 6.45) is 3.32. The van der Waals surface area contributed by atoms with E-state index in [0.717, 1.165) is 24.8 Å². The Balaban J connectivity index is 2.13. The van der Waals surface area contributed by atoms with Crippen molar-refractivity contribution in [3.8, 4) is 0 Å². The number of hydrogen-bond donors (Lipinski definition) is 2. The number of nitrogens with one attached hydrogen (secondary N) is 1. The molecule has 1 aliphatic heterocycles. The van der Waals surface area contributed by atoms with E-state index in [0.29, 0.717) is 25.5 Å². The molecule has 244 valence electrons. The molecule has 7 unspecified atom stereocenters. The number of carbonyl (C=O) groups is 3. The Bertz CT molecular complexity index is 996. The van der Waals surface area contributed by atoms with Crippen molar-refractivity contribution in [2.75, 3.05) is 34.0 Å². The van der Waals surface area contributed by atoms with Gasteiger partial charge in [0.2, 0.25) is 17.7 Å². The number of amides is 3. The monoisotopic (exact) mass is 621 g/mol. The maximum absolute atomic E-state index is 13.8. The molecule has 1 saturated heterocycles. The number of ether oxygens (including phenoxy) is 2. The van der Waals surface area contributed by atoms with Gasteiger partial charge in [-0.3, -0.25) is 14.4 Å². The number of likely N-dealkylation sites (tertiary alicyclic amines) is 1. The van der Waals surface area contributed by atoms with E-state index < -0.39 is 20.4 Å². The predicted octanol–water partition coefficient (Wildman–Crippen LogP) is 4.80. The Kier molecular flexibility index (Phi) is 16.1. The number of carbonyl (C=O) groups excluding carboxylic acids is 3. The van der Waals surface area contributed by atoms with Crippen LogP contribution in [0, 0.1) is 11.8 Å². The van der Waals surface area contributed by atoms with Gasteiger partial charge >= 0.3 is 0 Å². The molecular weight excluding hydrogens is 565 g/mol. The zero-order valence-corrected chi connectivity index (χ0v) is 28.5. The van der Waals surface area contributed by atoms with E-state index in [1.807, 2.05) is 63.1 Å². The lowest BCUT2D eigenvalue weighted by atomic mass is 9.90. The average molecular weight is 622 g/mol. The number of nitrogens with zero attached hydrogens (tertiary/aromatic N) is 2. The minimum atomic E-state index is -1.38. The summed E-state index contributed by atoms with van der Waals surface area (Å²) in [6, 6.07) is 9.37. The van der Waals surface area contributed by atoms with E-state index in [9.17, 15) is 19.3 Å². The molecule has 1 aromatic rings. The molecule has 0 aliphatic carbocycles. The van der Waals surface area contributed by atoms with Gasteiger partial charge in [0.15, 0.2) is 0 Å². The summed E-state index contributed by atoms with van der Waals surface area (Å²) in [7, 11) is 3.63. The number of benzene rings is 1. The van der Waals surface area contributed by atoms with Gasteiger partial charge in [-0.15, -0.1) is 0 Å². The lowest BCUT2D eigenvalue weighted by Crippen LogP contribution is -2.52. The molecule has 1 aromatic carbocycles. The Morgan fingerprint density at radius 2 is 1.74 bits per heavy atom. The highest BCUT2D eigenvalue weighted by Gasteiger charge is 2.40. The zero-order chi connectivity index (χ0) is 32.1. The molecule has 9 nitrogen and oxygen atoms in total. The highest BCUT2D eigenvalue weighted by molar-refractivity contribution is 7.52. The van der Waals surface area contributed by atoms with Gasteiger partial charge in [-0.1, -0.05) is 71.4 Å². The topological polar surface area (TPSA) is 108 Å². The van der Waals surface area contributed by atoms with Gasteiger partial charge in [-0.25, -0.2) is 0 Å². The molecule has 1 fully saturated rings. The molecule has 10 heteroatoms. The quantitative estimate of drug-likeness (QED) is 0.228. The summed E-state index contributed by atoms with van der Waals surface area (Å²) in [6.45, 7) is 10.7. The molecule has 0 aromatic heterocycles. The van der Waals surface area contributed by atoms with Crippen LogP contribution in [0.25, 0.3) is 0 Å². The molecule has 0 saturated carbocycles. The van der Waals surface area contributed by atoms with Crippen molar-refractivity contribution in [1.82, 2.24) is 15.1 Å². The Morgan fingerprint density at radius 3 is 2.30 bits per heavy atom. The zero-order valence-electron chi connectivity index (χ0n) is 27.6. The Morgan fingerprint density at radius 1 is 1.07 bits per heavy atom. The van der Waals surface area contributed by atoms with E-state index in [4.69, 9.17) is 9.47 Å². The van der Waals surface area contributed by atoms with Crippen molar-refractivity contribution < 1.29 is 28.8 Å². The third-order valence-corrected chi connectivity index (χ3v) is 10.4. The first-order valence-electron chi connectivity index (χ1n) is 15.9. The number of hydrogen-bond acceptors (Lipinski definition) is 6. The van der Waals surface area contributed by atoms with Gasteiger partial charge in [-0.2, -0.15) is 0 Å². The summed E-state index contributed by atoms with van der Waals surface area (Å²) in [5, 5.41) is 3.06. The fraction of sp³-hybridized carbons (Fsp3) is 0.727. The second kappa shape index (κ2) is 18.7. The second-order valence-corrected chi connectivity index (χ2v) is 14.4. The molecule has 1 heterocycles. The smallest absolute Gasteiger partial charge is 0.225 e. The van der Waals surface area contributed by atoms with Crippen LogP contribution >= 0.6 is 8.15 Å². The van der Waals surface area contributed by atoms with Crippen LogP contribution in [-0.4, -0.2) is 96.5 Å². The van der Waals surface area contributed by atoms with Crippen molar-refractivity contribution in [2.24, 2.45) is 11.8 Å². The van der Waals surface area contributed by atoms with Crippen molar-refractivity contribution in [2.45, 2.75) is 110 Å². The largest absolute Gasteiger partial charge is 0.379 e. The van der Waals surface area contributed by atoms with E-state index in [1.165, 1.54) is 0 Å². The van der Waals surface area contributed by atoms with Crippen molar-refractivity contribution >= 4 is 25.9 Å². The predicted molar refractivity (Wildman–Crippen MR) is 173 cm³/mol. The molecular formula is C33H56N3O6P. The number of methoxy groups -OCH3 is 2. The van der Waals surface area contributed by atoms with Crippen LogP contribution in [0.3, 0.4) is 0 Å². The highest BCUT2D eigenvalue weighted by Crippen LogP contribution is 2.36. The van der Waals surface area contributed by atoms with Crippen LogP contribution in [-0.2, 0) is 30.3 Å². The molecule has 0 bridgehead atoms. The lowest BCUT2D eigenvalue weighted by Gasteiger charge is -2.39. The third-order valence-electron chi connectivity index (χ3n) is 8.73. The summed E-state index contributed by atoms with van der Waals surface area (Å²) in [5.74, 6) is -0.166. The first-order valence-corrected chi connectivity index (χ1v) is 17.4. The standard InChI is InChI=1S/C33H56N3O6P/c1-9-24(5)33(35(6)31(38)19-23(3)4)28(42-8)22-32(39)36-18-14-17-26(36)27(41-7)21-29(37)34-30(43(40)10-2)20-25-15-12-11-13-16-25/h11-13,15-16,23-24,26-28,30,33,40H,9-10,14,17-22H2,1-8H3,(H,34,37). The maximum Gasteiger partial charge on any atom is 0.225 e. The third kappa shape index (κ3) is 11.1. The van der Waals surface area contributed by atoms with Crippen LogP contribution in [0.15, 0.2) is 30.3 Å². The SMILES string of the molecule is CCC(C)C(C(CC(=O)N1CCCC1C(CC(=O)NC(Cc1ccccc1)P(O)CC)OC)OC)N(C)C(=O)CC(C)C. The number of rotatable bonds is 18.